The van der Waals surface area contributed by atoms with Gasteiger partial charge < -0.3 is 5.32 Å². The van der Waals surface area contributed by atoms with E-state index in [1.165, 1.54) is 18.4 Å². The van der Waals surface area contributed by atoms with Gasteiger partial charge in [-0.05, 0) is 43.0 Å². The maximum atomic E-state index is 6.05. The molecule has 0 bridgehead atoms. The molecule has 0 saturated carbocycles. The molecule has 0 aliphatic rings. The highest BCUT2D eigenvalue weighted by molar-refractivity contribution is 6.42. The predicted octanol–water partition coefficient (Wildman–Crippen LogP) is 4.95. The van der Waals surface area contributed by atoms with Crippen molar-refractivity contribution >= 4 is 23.2 Å². The van der Waals surface area contributed by atoms with Crippen molar-refractivity contribution in [1.82, 2.24) is 5.32 Å². The highest BCUT2D eigenvalue weighted by atomic mass is 35.5. The van der Waals surface area contributed by atoms with Crippen LogP contribution in [0.25, 0.3) is 0 Å². The summed E-state index contributed by atoms with van der Waals surface area (Å²) in [6.07, 6.45) is 3.51. The van der Waals surface area contributed by atoms with E-state index in [0.29, 0.717) is 22.0 Å². The quantitative estimate of drug-likeness (QED) is 0.748. The molecule has 0 radical (unpaired) electrons. The summed E-state index contributed by atoms with van der Waals surface area (Å²) < 4.78 is 0. The van der Waals surface area contributed by atoms with Crippen molar-refractivity contribution in [2.45, 2.75) is 46.1 Å². The van der Waals surface area contributed by atoms with Crippen molar-refractivity contribution in [3.63, 3.8) is 0 Å². The molecular weight excluding hydrogens is 265 g/mol. The van der Waals surface area contributed by atoms with E-state index in [-0.39, 0.29) is 0 Å². The average molecular weight is 288 g/mol. The summed E-state index contributed by atoms with van der Waals surface area (Å²) in [5, 5.41) is 4.80. The molecule has 0 aromatic heterocycles. The molecule has 102 valence electrons. The fraction of sp³-hybridized carbons (Fsp3) is 0.600. The van der Waals surface area contributed by atoms with Gasteiger partial charge in [-0.15, -0.1) is 0 Å². The number of hydrogen-bond acceptors (Lipinski definition) is 1. The Morgan fingerprint density at radius 2 is 1.89 bits per heavy atom. The summed E-state index contributed by atoms with van der Waals surface area (Å²) in [6, 6.07) is 6.49. The molecule has 0 aliphatic heterocycles. The zero-order valence-corrected chi connectivity index (χ0v) is 13.0. The second-order valence-electron chi connectivity index (χ2n) is 5.17. The lowest BCUT2D eigenvalue weighted by Crippen LogP contribution is -2.29. The summed E-state index contributed by atoms with van der Waals surface area (Å²) in [4.78, 5) is 0. The van der Waals surface area contributed by atoms with Crippen molar-refractivity contribution in [2.24, 2.45) is 5.92 Å². The number of benzene rings is 1. The number of hydrogen-bond donors (Lipinski definition) is 1. The maximum absolute atomic E-state index is 6.05. The second-order valence-corrected chi connectivity index (χ2v) is 5.98. The van der Waals surface area contributed by atoms with Crippen LogP contribution in [0.1, 0.15) is 39.2 Å². The Kier molecular flexibility index (Phi) is 7.06. The van der Waals surface area contributed by atoms with Crippen molar-refractivity contribution in [3.8, 4) is 0 Å². The molecular formula is C15H23Cl2N. The summed E-state index contributed by atoms with van der Waals surface area (Å²) in [5.41, 5.74) is 1.27. The number of halogens is 2. The Bertz CT molecular complexity index is 364. The molecule has 18 heavy (non-hydrogen) atoms. The van der Waals surface area contributed by atoms with Gasteiger partial charge in [-0.1, -0.05) is 56.5 Å². The predicted molar refractivity (Wildman–Crippen MR) is 81.7 cm³/mol. The van der Waals surface area contributed by atoms with Crippen LogP contribution >= 0.6 is 23.2 Å². The Balaban J connectivity index is 2.61. The molecule has 0 amide bonds. The minimum absolute atomic E-state index is 0.540. The van der Waals surface area contributed by atoms with Crippen LogP contribution < -0.4 is 5.32 Å². The van der Waals surface area contributed by atoms with Crippen LogP contribution in [0.5, 0.6) is 0 Å². The highest BCUT2D eigenvalue weighted by Gasteiger charge is 2.10. The van der Waals surface area contributed by atoms with E-state index >= 15 is 0 Å². The third-order valence-corrected chi connectivity index (χ3v) is 3.76. The van der Waals surface area contributed by atoms with E-state index in [1.807, 2.05) is 12.1 Å². The lowest BCUT2D eigenvalue weighted by Gasteiger charge is -2.19. The smallest absolute Gasteiger partial charge is 0.0595 e. The van der Waals surface area contributed by atoms with E-state index < -0.39 is 0 Å². The first-order chi connectivity index (χ1) is 8.52. The Morgan fingerprint density at radius 1 is 1.17 bits per heavy atom. The molecule has 0 aliphatic carbocycles. The maximum Gasteiger partial charge on any atom is 0.0595 e. The second kappa shape index (κ2) is 8.04. The van der Waals surface area contributed by atoms with Crippen LogP contribution in [0.2, 0.25) is 10.0 Å². The minimum atomic E-state index is 0.540. The molecule has 1 nitrogen and oxygen atoms in total. The van der Waals surface area contributed by atoms with E-state index in [1.54, 1.807) is 0 Å². The summed E-state index contributed by atoms with van der Waals surface area (Å²) >= 11 is 12.0. The van der Waals surface area contributed by atoms with Gasteiger partial charge in [0.15, 0.2) is 0 Å². The molecule has 3 heteroatoms. The van der Waals surface area contributed by atoms with Crippen molar-refractivity contribution < 1.29 is 0 Å². The Morgan fingerprint density at radius 3 is 2.44 bits per heavy atom. The molecule has 0 fully saturated rings. The highest BCUT2D eigenvalue weighted by Crippen LogP contribution is 2.24. The summed E-state index contributed by atoms with van der Waals surface area (Å²) in [7, 11) is 0. The largest absolute Gasteiger partial charge is 0.314 e. The molecule has 1 unspecified atom stereocenters. The Hall–Kier alpha value is -0.240. The lowest BCUT2D eigenvalue weighted by molar-refractivity contribution is 0.418. The topological polar surface area (TPSA) is 12.0 Å². The van der Waals surface area contributed by atoms with E-state index in [9.17, 15) is 0 Å². The van der Waals surface area contributed by atoms with Crippen LogP contribution in [0.3, 0.4) is 0 Å². The summed E-state index contributed by atoms with van der Waals surface area (Å²) in [5.74, 6) is 0.662. The third kappa shape index (κ3) is 5.60. The van der Waals surface area contributed by atoms with Gasteiger partial charge in [-0.2, -0.15) is 0 Å². The van der Waals surface area contributed by atoms with Gasteiger partial charge in [0.25, 0.3) is 0 Å². The fourth-order valence-corrected chi connectivity index (χ4v) is 2.41. The van der Waals surface area contributed by atoms with Gasteiger partial charge in [0.05, 0.1) is 10.0 Å². The lowest BCUT2D eigenvalue weighted by atomic mass is 9.95. The van der Waals surface area contributed by atoms with Crippen LogP contribution in [0, 0.1) is 5.92 Å². The molecule has 0 spiro atoms. The Labute approximate surface area is 121 Å². The van der Waals surface area contributed by atoms with Gasteiger partial charge in [0, 0.05) is 6.04 Å². The van der Waals surface area contributed by atoms with Crippen molar-refractivity contribution in [1.29, 1.82) is 0 Å². The molecule has 0 saturated heterocycles. The molecule has 1 rings (SSSR count). The van der Waals surface area contributed by atoms with Gasteiger partial charge in [-0.3, -0.25) is 0 Å². The molecule has 1 N–H and O–H groups in total. The number of nitrogens with one attached hydrogen (secondary N) is 1. The first-order valence-electron chi connectivity index (χ1n) is 6.70. The standard InChI is InChI=1S/C15H23Cl2N/c1-4-5-13(10-18-11(2)3)8-12-6-7-14(16)15(17)9-12/h6-7,9,11,13,18H,4-5,8,10H2,1-3H3. The van der Waals surface area contributed by atoms with E-state index in [4.69, 9.17) is 23.2 Å². The first kappa shape index (κ1) is 15.8. The average Bonchev–Trinajstić information content (AvgIpc) is 2.31. The zero-order valence-electron chi connectivity index (χ0n) is 11.5. The zero-order chi connectivity index (χ0) is 13.5. The minimum Gasteiger partial charge on any atom is -0.314 e. The van der Waals surface area contributed by atoms with Crippen LogP contribution in [0.15, 0.2) is 18.2 Å². The number of rotatable bonds is 7. The van der Waals surface area contributed by atoms with E-state index in [2.05, 4.69) is 32.2 Å². The normalized spacial score (nSPS) is 13.0. The third-order valence-electron chi connectivity index (χ3n) is 3.02. The fourth-order valence-electron chi connectivity index (χ4n) is 2.09. The van der Waals surface area contributed by atoms with E-state index in [0.717, 1.165) is 13.0 Å². The van der Waals surface area contributed by atoms with Crippen molar-refractivity contribution in [3.05, 3.63) is 33.8 Å². The van der Waals surface area contributed by atoms with Gasteiger partial charge in [0.1, 0.15) is 0 Å². The van der Waals surface area contributed by atoms with Crippen LogP contribution in [0.4, 0.5) is 0 Å². The first-order valence-corrected chi connectivity index (χ1v) is 7.45. The van der Waals surface area contributed by atoms with Gasteiger partial charge in [0.2, 0.25) is 0 Å². The van der Waals surface area contributed by atoms with Crippen LogP contribution in [-0.4, -0.2) is 12.6 Å². The molecule has 1 aromatic rings. The molecule has 1 aromatic carbocycles. The molecule has 0 heterocycles. The van der Waals surface area contributed by atoms with Gasteiger partial charge >= 0.3 is 0 Å². The SMILES string of the molecule is CCCC(CNC(C)C)Cc1ccc(Cl)c(Cl)c1. The van der Waals surface area contributed by atoms with Crippen molar-refractivity contribution in [2.75, 3.05) is 6.54 Å². The molecule has 1 atom stereocenters. The van der Waals surface area contributed by atoms with Gasteiger partial charge in [-0.25, -0.2) is 0 Å². The van der Waals surface area contributed by atoms with Crippen LogP contribution in [-0.2, 0) is 6.42 Å². The monoisotopic (exact) mass is 287 g/mol. The summed E-state index contributed by atoms with van der Waals surface area (Å²) in [6.45, 7) is 7.66.